The minimum absolute atomic E-state index is 0.188. The number of rotatable bonds is 1. The molecule has 1 aromatic carbocycles. The molecule has 0 aromatic heterocycles. The number of alkyl halides is 3. The van der Waals surface area contributed by atoms with Crippen LogP contribution in [0.2, 0.25) is 0 Å². The van der Waals surface area contributed by atoms with Gasteiger partial charge in [0.25, 0.3) is 0 Å². The Labute approximate surface area is 97.1 Å². The third-order valence-corrected chi connectivity index (χ3v) is 2.31. The SMILES string of the molecule is FC(F)(F)C(Cl)=Nc1ccc(I)cc1. The molecular weight excluding hydrogens is 329 g/mol. The summed E-state index contributed by atoms with van der Waals surface area (Å²) in [4.78, 5) is 3.23. The third kappa shape index (κ3) is 3.45. The second kappa shape index (κ2) is 4.48. The van der Waals surface area contributed by atoms with Crippen LogP contribution >= 0.6 is 34.2 Å². The van der Waals surface area contributed by atoms with Crippen molar-refractivity contribution in [1.82, 2.24) is 0 Å². The predicted molar refractivity (Wildman–Crippen MR) is 58.2 cm³/mol. The molecule has 0 aliphatic carbocycles. The van der Waals surface area contributed by atoms with Crippen molar-refractivity contribution in [3.05, 3.63) is 27.8 Å². The van der Waals surface area contributed by atoms with Gasteiger partial charge in [0.15, 0.2) is 0 Å². The van der Waals surface area contributed by atoms with Crippen molar-refractivity contribution in [3.8, 4) is 0 Å². The Kier molecular flexibility index (Phi) is 3.77. The first-order valence-corrected chi connectivity index (χ1v) is 4.92. The van der Waals surface area contributed by atoms with Crippen molar-refractivity contribution in [2.45, 2.75) is 6.18 Å². The van der Waals surface area contributed by atoms with Crippen molar-refractivity contribution in [3.63, 3.8) is 0 Å². The number of halogens is 5. The lowest BCUT2D eigenvalue weighted by Gasteiger charge is -2.02. The highest BCUT2D eigenvalue weighted by molar-refractivity contribution is 14.1. The number of nitrogens with zero attached hydrogens (tertiary/aromatic N) is 1. The zero-order valence-electron chi connectivity index (χ0n) is 6.65. The van der Waals surface area contributed by atoms with Crippen molar-refractivity contribution in [2.75, 3.05) is 0 Å². The van der Waals surface area contributed by atoms with Gasteiger partial charge in [-0.25, -0.2) is 4.99 Å². The van der Waals surface area contributed by atoms with E-state index in [9.17, 15) is 13.2 Å². The van der Waals surface area contributed by atoms with E-state index in [0.29, 0.717) is 0 Å². The fourth-order valence-electron chi connectivity index (χ4n) is 0.692. The largest absolute Gasteiger partial charge is 0.444 e. The summed E-state index contributed by atoms with van der Waals surface area (Å²) in [5, 5.41) is -1.36. The van der Waals surface area contributed by atoms with E-state index in [2.05, 4.69) is 4.99 Å². The van der Waals surface area contributed by atoms with E-state index in [1.165, 1.54) is 12.1 Å². The summed E-state index contributed by atoms with van der Waals surface area (Å²) in [6, 6.07) is 6.24. The monoisotopic (exact) mass is 333 g/mol. The zero-order chi connectivity index (χ0) is 10.8. The second-order valence-corrected chi connectivity index (χ2v) is 3.98. The summed E-state index contributed by atoms with van der Waals surface area (Å²) in [6.45, 7) is 0. The first kappa shape index (κ1) is 11.8. The van der Waals surface area contributed by atoms with Crippen LogP contribution in [0.3, 0.4) is 0 Å². The lowest BCUT2D eigenvalue weighted by Crippen LogP contribution is -2.16. The highest BCUT2D eigenvalue weighted by Crippen LogP contribution is 2.24. The van der Waals surface area contributed by atoms with Gasteiger partial charge in [-0.2, -0.15) is 13.2 Å². The quantitative estimate of drug-likeness (QED) is 0.541. The summed E-state index contributed by atoms with van der Waals surface area (Å²) >= 11 is 7.00. The normalized spacial score (nSPS) is 13.1. The molecule has 0 bridgehead atoms. The number of hydrogen-bond donors (Lipinski definition) is 0. The summed E-state index contributed by atoms with van der Waals surface area (Å²) in [5.74, 6) is 0. The molecule has 0 saturated heterocycles. The molecule has 0 saturated carbocycles. The molecule has 1 nitrogen and oxygen atoms in total. The molecule has 0 heterocycles. The lowest BCUT2D eigenvalue weighted by atomic mass is 10.3. The van der Waals surface area contributed by atoms with Gasteiger partial charge >= 0.3 is 6.18 Å². The molecular formula is C8H4ClF3IN. The Morgan fingerprint density at radius 1 is 1.21 bits per heavy atom. The second-order valence-electron chi connectivity index (χ2n) is 2.38. The maximum absolute atomic E-state index is 11.9. The van der Waals surface area contributed by atoms with Gasteiger partial charge in [0, 0.05) is 3.57 Å². The van der Waals surface area contributed by atoms with Gasteiger partial charge in [-0.05, 0) is 46.9 Å². The van der Waals surface area contributed by atoms with Crippen molar-refractivity contribution in [2.24, 2.45) is 4.99 Å². The first-order valence-electron chi connectivity index (χ1n) is 3.46. The molecule has 76 valence electrons. The van der Waals surface area contributed by atoms with Gasteiger partial charge in [0.2, 0.25) is 5.17 Å². The van der Waals surface area contributed by atoms with E-state index in [-0.39, 0.29) is 5.69 Å². The highest BCUT2D eigenvalue weighted by atomic mass is 127. The number of benzene rings is 1. The van der Waals surface area contributed by atoms with Gasteiger partial charge in [-0.3, -0.25) is 0 Å². The third-order valence-electron chi connectivity index (χ3n) is 1.29. The fourth-order valence-corrected chi connectivity index (χ4v) is 1.15. The van der Waals surface area contributed by atoms with Crippen LogP contribution in [0.1, 0.15) is 0 Å². The molecule has 0 fully saturated rings. The molecule has 0 unspecified atom stereocenters. The van der Waals surface area contributed by atoms with Gasteiger partial charge in [-0.15, -0.1) is 0 Å². The number of hydrogen-bond acceptors (Lipinski definition) is 1. The van der Waals surface area contributed by atoms with Gasteiger partial charge in [0.05, 0.1) is 5.69 Å². The molecule has 0 N–H and O–H groups in total. The van der Waals surface area contributed by atoms with Crippen LogP contribution in [0.4, 0.5) is 18.9 Å². The summed E-state index contributed by atoms with van der Waals surface area (Å²) in [5.41, 5.74) is 0.188. The summed E-state index contributed by atoms with van der Waals surface area (Å²) < 4.78 is 36.8. The zero-order valence-corrected chi connectivity index (χ0v) is 9.56. The Bertz CT molecular complexity index is 345. The summed E-state index contributed by atoms with van der Waals surface area (Å²) in [7, 11) is 0. The molecule has 14 heavy (non-hydrogen) atoms. The topological polar surface area (TPSA) is 12.4 Å². The van der Waals surface area contributed by atoms with E-state index in [1.807, 2.05) is 22.6 Å². The molecule has 0 spiro atoms. The minimum atomic E-state index is -4.58. The molecule has 0 amide bonds. The average molecular weight is 333 g/mol. The average Bonchev–Trinajstić information content (AvgIpc) is 2.07. The first-order chi connectivity index (χ1) is 6.39. The molecule has 6 heteroatoms. The fraction of sp³-hybridized carbons (Fsp3) is 0.125. The maximum Gasteiger partial charge on any atom is 0.444 e. The lowest BCUT2D eigenvalue weighted by molar-refractivity contribution is -0.0558. The maximum atomic E-state index is 11.9. The highest BCUT2D eigenvalue weighted by Gasteiger charge is 2.34. The van der Waals surface area contributed by atoms with Crippen LogP contribution in [-0.4, -0.2) is 11.3 Å². The Morgan fingerprint density at radius 3 is 2.14 bits per heavy atom. The van der Waals surface area contributed by atoms with Crippen LogP contribution in [0.5, 0.6) is 0 Å². The number of aliphatic imine (C=N–C) groups is 1. The van der Waals surface area contributed by atoms with Crippen LogP contribution < -0.4 is 0 Å². The Balaban J connectivity index is 2.93. The predicted octanol–water partition coefficient (Wildman–Crippen LogP) is 4.12. The molecule has 0 aliphatic rings. The van der Waals surface area contributed by atoms with Crippen molar-refractivity contribution >= 4 is 45.1 Å². The molecule has 0 radical (unpaired) electrons. The van der Waals surface area contributed by atoms with Crippen LogP contribution in [-0.2, 0) is 0 Å². The molecule has 0 atom stereocenters. The van der Waals surface area contributed by atoms with Gasteiger partial charge < -0.3 is 0 Å². The van der Waals surface area contributed by atoms with E-state index in [1.54, 1.807) is 12.1 Å². The molecule has 1 rings (SSSR count). The van der Waals surface area contributed by atoms with Gasteiger partial charge in [0.1, 0.15) is 0 Å². The standard InChI is InChI=1S/C8H4ClF3IN/c9-7(8(10,11)12)14-6-3-1-5(13)2-4-6/h1-4H. The van der Waals surface area contributed by atoms with E-state index in [0.717, 1.165) is 3.57 Å². The van der Waals surface area contributed by atoms with Crippen molar-refractivity contribution < 1.29 is 13.2 Å². The van der Waals surface area contributed by atoms with Crippen LogP contribution in [0, 0.1) is 3.57 Å². The van der Waals surface area contributed by atoms with Crippen molar-refractivity contribution in [1.29, 1.82) is 0 Å². The van der Waals surface area contributed by atoms with Crippen LogP contribution in [0.15, 0.2) is 29.3 Å². The smallest absolute Gasteiger partial charge is 0.232 e. The van der Waals surface area contributed by atoms with Gasteiger partial charge in [-0.1, -0.05) is 11.6 Å². The van der Waals surface area contributed by atoms with E-state index < -0.39 is 11.3 Å². The Hall–Kier alpha value is -0.300. The van der Waals surface area contributed by atoms with E-state index in [4.69, 9.17) is 11.6 Å². The van der Waals surface area contributed by atoms with E-state index >= 15 is 0 Å². The minimum Gasteiger partial charge on any atom is -0.232 e. The van der Waals surface area contributed by atoms with Crippen LogP contribution in [0.25, 0.3) is 0 Å². The summed E-state index contributed by atoms with van der Waals surface area (Å²) in [6.07, 6.45) is -4.58. The molecule has 0 aliphatic heterocycles. The Morgan fingerprint density at radius 2 is 1.71 bits per heavy atom. The molecule has 1 aromatic rings.